The third-order valence-electron chi connectivity index (χ3n) is 2.57. The number of nitrogens with one attached hydrogen (secondary N) is 2. The summed E-state index contributed by atoms with van der Waals surface area (Å²) in [5, 5.41) is 4.89. The van der Waals surface area contributed by atoms with Crippen molar-refractivity contribution >= 4 is 16.0 Å². The topological polar surface area (TPSA) is 121 Å². The third-order valence-corrected chi connectivity index (χ3v) is 3.42. The molecule has 0 aliphatic heterocycles. The van der Waals surface area contributed by atoms with Crippen LogP contribution in [-0.4, -0.2) is 35.7 Å². The minimum Gasteiger partial charge on any atom is -0.354 e. The van der Waals surface area contributed by atoms with E-state index in [9.17, 15) is 18.0 Å². The lowest BCUT2D eigenvalue weighted by Crippen LogP contribution is -2.18. The Hall–Kier alpha value is -2.39. The number of aromatic amines is 1. The minimum absolute atomic E-state index is 0.0368. The lowest BCUT2D eigenvalue weighted by atomic mass is 10.3. The van der Waals surface area contributed by atoms with Crippen molar-refractivity contribution in [3.8, 4) is 5.69 Å². The first-order valence-electron chi connectivity index (χ1n) is 5.45. The number of hydrogen-bond donors (Lipinski definition) is 3. The second-order valence-corrected chi connectivity index (χ2v) is 5.32. The van der Waals surface area contributed by atoms with Crippen LogP contribution in [0.25, 0.3) is 5.69 Å². The van der Waals surface area contributed by atoms with Gasteiger partial charge in [-0.25, -0.2) is 4.68 Å². The van der Waals surface area contributed by atoms with Gasteiger partial charge in [-0.15, -0.1) is 0 Å². The smallest absolute Gasteiger partial charge is 0.294 e. The van der Waals surface area contributed by atoms with E-state index in [1.165, 1.54) is 25.2 Å². The SMILES string of the molecule is CNC(=O)c1cc(=O)n(-c2cccc(S(=O)(=O)O)c2)[nH]1. The summed E-state index contributed by atoms with van der Waals surface area (Å²) in [5.74, 6) is -0.480. The van der Waals surface area contributed by atoms with Gasteiger partial charge in [0.15, 0.2) is 0 Å². The van der Waals surface area contributed by atoms with Crippen molar-refractivity contribution in [2.24, 2.45) is 0 Å². The number of aromatic nitrogens is 2. The molecule has 1 amide bonds. The molecule has 9 heteroatoms. The van der Waals surface area contributed by atoms with Crippen LogP contribution in [0.2, 0.25) is 0 Å². The zero-order chi connectivity index (χ0) is 14.9. The maximum absolute atomic E-state index is 11.8. The molecule has 0 saturated heterocycles. The van der Waals surface area contributed by atoms with E-state index >= 15 is 0 Å². The van der Waals surface area contributed by atoms with Crippen LogP contribution in [-0.2, 0) is 10.1 Å². The molecule has 0 atom stereocenters. The van der Waals surface area contributed by atoms with Crippen molar-refractivity contribution in [1.29, 1.82) is 0 Å². The fourth-order valence-corrected chi connectivity index (χ4v) is 2.14. The Kier molecular flexibility index (Phi) is 3.47. The van der Waals surface area contributed by atoms with E-state index in [1.54, 1.807) is 0 Å². The van der Waals surface area contributed by atoms with Crippen molar-refractivity contribution < 1.29 is 17.8 Å². The summed E-state index contributed by atoms with van der Waals surface area (Å²) < 4.78 is 32.1. The third kappa shape index (κ3) is 2.63. The molecule has 0 spiro atoms. The van der Waals surface area contributed by atoms with Crippen LogP contribution in [0.5, 0.6) is 0 Å². The second-order valence-electron chi connectivity index (χ2n) is 3.90. The summed E-state index contributed by atoms with van der Waals surface area (Å²) in [6.07, 6.45) is 0. The average molecular weight is 297 g/mol. The largest absolute Gasteiger partial charge is 0.354 e. The van der Waals surface area contributed by atoms with E-state index in [1.807, 2.05) is 0 Å². The lowest BCUT2D eigenvalue weighted by Gasteiger charge is -2.04. The molecular weight excluding hydrogens is 286 g/mol. The van der Waals surface area contributed by atoms with Gasteiger partial charge in [0.2, 0.25) is 0 Å². The van der Waals surface area contributed by atoms with Crippen LogP contribution in [0, 0.1) is 0 Å². The van der Waals surface area contributed by atoms with E-state index in [2.05, 4.69) is 10.4 Å². The molecule has 20 heavy (non-hydrogen) atoms. The first-order valence-corrected chi connectivity index (χ1v) is 6.89. The van der Waals surface area contributed by atoms with Crippen molar-refractivity contribution in [2.75, 3.05) is 7.05 Å². The summed E-state index contributed by atoms with van der Waals surface area (Å²) >= 11 is 0. The summed E-state index contributed by atoms with van der Waals surface area (Å²) in [7, 11) is -2.96. The van der Waals surface area contributed by atoms with Crippen molar-refractivity contribution in [2.45, 2.75) is 4.90 Å². The number of H-pyrrole nitrogens is 1. The van der Waals surface area contributed by atoms with Gasteiger partial charge in [0, 0.05) is 13.1 Å². The predicted molar refractivity (Wildman–Crippen MR) is 69.6 cm³/mol. The van der Waals surface area contributed by atoms with Crippen molar-refractivity contribution in [1.82, 2.24) is 15.1 Å². The molecule has 0 fully saturated rings. The van der Waals surface area contributed by atoms with E-state index in [0.29, 0.717) is 0 Å². The number of nitrogens with zero attached hydrogens (tertiary/aromatic N) is 1. The molecular formula is C11H11N3O5S. The van der Waals surface area contributed by atoms with Crippen LogP contribution in [0.15, 0.2) is 40.0 Å². The van der Waals surface area contributed by atoms with Crippen LogP contribution < -0.4 is 10.9 Å². The van der Waals surface area contributed by atoms with E-state index in [4.69, 9.17) is 4.55 Å². The molecule has 0 bridgehead atoms. The Bertz CT molecular complexity index is 819. The van der Waals surface area contributed by atoms with Gasteiger partial charge < -0.3 is 5.32 Å². The summed E-state index contributed by atoms with van der Waals surface area (Å²) in [6, 6.07) is 6.21. The van der Waals surface area contributed by atoms with Crippen LogP contribution in [0.4, 0.5) is 0 Å². The van der Waals surface area contributed by atoms with E-state index < -0.39 is 21.6 Å². The van der Waals surface area contributed by atoms with Gasteiger partial charge in [-0.3, -0.25) is 19.2 Å². The number of carbonyl (C=O) groups excluding carboxylic acids is 1. The molecule has 2 rings (SSSR count). The summed E-state index contributed by atoms with van der Waals surface area (Å²) in [5.41, 5.74) is -0.314. The molecule has 0 aliphatic rings. The first kappa shape index (κ1) is 14.0. The molecule has 1 aromatic carbocycles. The fraction of sp³-hybridized carbons (Fsp3) is 0.0909. The van der Waals surface area contributed by atoms with Gasteiger partial charge in [0.05, 0.1) is 10.6 Å². The van der Waals surface area contributed by atoms with Gasteiger partial charge >= 0.3 is 0 Å². The Balaban J connectivity index is 2.55. The van der Waals surface area contributed by atoms with Gasteiger partial charge in [-0.1, -0.05) is 6.07 Å². The molecule has 1 aromatic heterocycles. The van der Waals surface area contributed by atoms with Crippen LogP contribution >= 0.6 is 0 Å². The zero-order valence-electron chi connectivity index (χ0n) is 10.3. The first-order chi connectivity index (χ1) is 9.32. The van der Waals surface area contributed by atoms with Crippen molar-refractivity contribution in [3.05, 3.63) is 46.4 Å². The Morgan fingerprint density at radius 1 is 1.35 bits per heavy atom. The summed E-state index contributed by atoms with van der Waals surface area (Å²) in [4.78, 5) is 22.8. The highest BCUT2D eigenvalue weighted by Crippen LogP contribution is 2.13. The van der Waals surface area contributed by atoms with Gasteiger partial charge in [-0.2, -0.15) is 8.42 Å². The fourth-order valence-electron chi connectivity index (χ4n) is 1.62. The molecule has 0 unspecified atom stereocenters. The molecule has 1 heterocycles. The molecule has 0 aliphatic carbocycles. The molecule has 106 valence electrons. The maximum atomic E-state index is 11.8. The molecule has 8 nitrogen and oxygen atoms in total. The number of hydrogen-bond acceptors (Lipinski definition) is 4. The molecule has 0 radical (unpaired) electrons. The van der Waals surface area contributed by atoms with Crippen LogP contribution in [0.1, 0.15) is 10.5 Å². The normalized spacial score (nSPS) is 11.3. The Labute approximate surface area is 113 Å². The molecule has 3 N–H and O–H groups in total. The molecule has 2 aromatic rings. The van der Waals surface area contributed by atoms with E-state index in [0.717, 1.165) is 16.8 Å². The number of rotatable bonds is 3. The highest BCUT2D eigenvalue weighted by molar-refractivity contribution is 7.85. The van der Waals surface area contributed by atoms with Crippen molar-refractivity contribution in [3.63, 3.8) is 0 Å². The average Bonchev–Trinajstić information content (AvgIpc) is 2.79. The predicted octanol–water partition coefficient (Wildman–Crippen LogP) is -0.228. The van der Waals surface area contributed by atoms with E-state index in [-0.39, 0.29) is 16.3 Å². The minimum atomic E-state index is -4.37. The lowest BCUT2D eigenvalue weighted by molar-refractivity contribution is 0.0957. The zero-order valence-corrected chi connectivity index (χ0v) is 11.1. The van der Waals surface area contributed by atoms with Crippen LogP contribution in [0.3, 0.4) is 0 Å². The highest BCUT2D eigenvalue weighted by Gasteiger charge is 2.14. The number of amides is 1. The molecule has 0 saturated carbocycles. The van der Waals surface area contributed by atoms with Gasteiger partial charge in [0.25, 0.3) is 21.6 Å². The Morgan fingerprint density at radius 2 is 2.05 bits per heavy atom. The number of carbonyl (C=O) groups is 1. The maximum Gasteiger partial charge on any atom is 0.294 e. The monoisotopic (exact) mass is 297 g/mol. The van der Waals surface area contributed by atoms with Gasteiger partial charge in [-0.05, 0) is 18.2 Å². The quantitative estimate of drug-likeness (QED) is 0.676. The highest BCUT2D eigenvalue weighted by atomic mass is 32.2. The summed E-state index contributed by atoms with van der Waals surface area (Å²) in [6.45, 7) is 0. The number of benzene rings is 1. The second kappa shape index (κ2) is 4.94. The Morgan fingerprint density at radius 3 is 2.65 bits per heavy atom. The van der Waals surface area contributed by atoms with Gasteiger partial charge in [0.1, 0.15) is 5.69 Å². The standard InChI is InChI=1S/C11H11N3O5S/c1-12-11(16)9-6-10(15)14(13-9)7-3-2-4-8(5-7)20(17,18)19/h2-6,13H,1H3,(H,12,16)(H,17,18,19).